The highest BCUT2D eigenvalue weighted by Crippen LogP contribution is 2.30. The maximum Gasteiger partial charge on any atom is 0.0976 e. The van der Waals surface area contributed by atoms with Crippen LogP contribution in [-0.4, -0.2) is 38.5 Å². The van der Waals surface area contributed by atoms with E-state index < -0.39 is 0 Å². The molecular weight excluding hydrogens is 322 g/mol. The first-order valence-corrected chi connectivity index (χ1v) is 7.04. The second-order valence-electron chi connectivity index (χ2n) is 4.44. The van der Waals surface area contributed by atoms with Gasteiger partial charge in [-0.25, -0.2) is 0 Å². The summed E-state index contributed by atoms with van der Waals surface area (Å²) in [6.45, 7) is 1.14. The molecular formula is C14H18BrN3O2. The first-order valence-electron chi connectivity index (χ1n) is 6.25. The van der Waals surface area contributed by atoms with E-state index in [4.69, 9.17) is 15.2 Å². The van der Waals surface area contributed by atoms with Gasteiger partial charge in [0, 0.05) is 30.6 Å². The van der Waals surface area contributed by atoms with Crippen molar-refractivity contribution in [2.75, 3.05) is 38.4 Å². The SMILES string of the molecule is COCC(CNc1c(N)cnc2ccc(Br)cc12)OC. The average Bonchev–Trinajstić information content (AvgIpc) is 2.45. The number of ether oxygens (including phenoxy) is 2. The summed E-state index contributed by atoms with van der Waals surface area (Å²) < 4.78 is 11.4. The molecule has 0 amide bonds. The predicted octanol–water partition coefficient (Wildman–Crippen LogP) is 2.65. The molecule has 1 unspecified atom stereocenters. The van der Waals surface area contributed by atoms with Gasteiger partial charge in [-0.3, -0.25) is 4.98 Å². The number of hydrogen-bond acceptors (Lipinski definition) is 5. The van der Waals surface area contributed by atoms with Gasteiger partial charge in [0.2, 0.25) is 0 Å². The molecule has 0 saturated heterocycles. The predicted molar refractivity (Wildman–Crippen MR) is 85.0 cm³/mol. The summed E-state index contributed by atoms with van der Waals surface area (Å²) in [6, 6.07) is 5.91. The first-order chi connectivity index (χ1) is 9.65. The van der Waals surface area contributed by atoms with Gasteiger partial charge in [0.05, 0.1) is 35.8 Å². The minimum Gasteiger partial charge on any atom is -0.396 e. The molecule has 1 aromatic carbocycles. The van der Waals surface area contributed by atoms with Crippen LogP contribution in [0.4, 0.5) is 11.4 Å². The van der Waals surface area contributed by atoms with Gasteiger partial charge in [-0.1, -0.05) is 15.9 Å². The van der Waals surface area contributed by atoms with Crippen LogP contribution in [0.15, 0.2) is 28.9 Å². The number of methoxy groups -OCH3 is 2. The highest BCUT2D eigenvalue weighted by atomic mass is 79.9. The minimum absolute atomic E-state index is 0.0326. The van der Waals surface area contributed by atoms with Crippen molar-refractivity contribution in [1.29, 1.82) is 0 Å². The van der Waals surface area contributed by atoms with Crippen LogP contribution in [0.25, 0.3) is 10.9 Å². The molecule has 0 radical (unpaired) electrons. The molecule has 108 valence electrons. The first kappa shape index (κ1) is 15.0. The van der Waals surface area contributed by atoms with Crippen LogP contribution < -0.4 is 11.1 Å². The molecule has 1 heterocycles. The number of hydrogen-bond donors (Lipinski definition) is 2. The fraction of sp³-hybridized carbons (Fsp3) is 0.357. The molecule has 0 aliphatic rings. The lowest BCUT2D eigenvalue weighted by molar-refractivity contribution is 0.0366. The Bertz CT molecular complexity index is 587. The van der Waals surface area contributed by atoms with Crippen molar-refractivity contribution in [2.24, 2.45) is 0 Å². The highest BCUT2D eigenvalue weighted by Gasteiger charge is 2.11. The topological polar surface area (TPSA) is 69.4 Å². The van der Waals surface area contributed by atoms with E-state index in [1.807, 2.05) is 18.2 Å². The fourth-order valence-electron chi connectivity index (χ4n) is 1.99. The molecule has 1 aromatic heterocycles. The largest absolute Gasteiger partial charge is 0.396 e. The fourth-order valence-corrected chi connectivity index (χ4v) is 2.35. The summed E-state index contributed by atoms with van der Waals surface area (Å²) in [6.07, 6.45) is 1.63. The minimum atomic E-state index is -0.0326. The van der Waals surface area contributed by atoms with Crippen LogP contribution in [0, 0.1) is 0 Å². The quantitative estimate of drug-likeness (QED) is 0.846. The van der Waals surface area contributed by atoms with Gasteiger partial charge in [0.1, 0.15) is 0 Å². The summed E-state index contributed by atoms with van der Waals surface area (Å²) in [7, 11) is 3.31. The number of nitrogens with one attached hydrogen (secondary N) is 1. The van der Waals surface area contributed by atoms with Gasteiger partial charge < -0.3 is 20.5 Å². The Labute approximate surface area is 126 Å². The number of aromatic nitrogens is 1. The molecule has 3 N–H and O–H groups in total. The van der Waals surface area contributed by atoms with Crippen molar-refractivity contribution >= 4 is 38.2 Å². The zero-order valence-corrected chi connectivity index (χ0v) is 13.1. The summed E-state index contributed by atoms with van der Waals surface area (Å²) >= 11 is 3.47. The summed E-state index contributed by atoms with van der Waals surface area (Å²) in [5.41, 5.74) is 8.40. The van der Waals surface area contributed by atoms with Crippen molar-refractivity contribution < 1.29 is 9.47 Å². The average molecular weight is 340 g/mol. The molecule has 2 aromatic rings. The Morgan fingerprint density at radius 1 is 1.40 bits per heavy atom. The summed E-state index contributed by atoms with van der Waals surface area (Å²) in [5, 5.41) is 4.31. The lowest BCUT2D eigenvalue weighted by Crippen LogP contribution is -2.27. The van der Waals surface area contributed by atoms with Crippen LogP contribution in [0.5, 0.6) is 0 Å². The number of nitrogen functional groups attached to an aromatic ring is 1. The van der Waals surface area contributed by atoms with E-state index in [2.05, 4.69) is 26.2 Å². The molecule has 0 saturated carbocycles. The van der Waals surface area contributed by atoms with Gasteiger partial charge in [0.15, 0.2) is 0 Å². The lowest BCUT2D eigenvalue weighted by atomic mass is 10.1. The van der Waals surface area contributed by atoms with Gasteiger partial charge in [-0.05, 0) is 18.2 Å². The van der Waals surface area contributed by atoms with E-state index in [0.717, 1.165) is 21.1 Å². The number of halogens is 1. The Balaban J connectivity index is 2.28. The second-order valence-corrected chi connectivity index (χ2v) is 5.36. The molecule has 2 rings (SSSR count). The van der Waals surface area contributed by atoms with Gasteiger partial charge >= 0.3 is 0 Å². The van der Waals surface area contributed by atoms with Crippen molar-refractivity contribution in [1.82, 2.24) is 4.98 Å². The third-order valence-electron chi connectivity index (χ3n) is 3.05. The highest BCUT2D eigenvalue weighted by molar-refractivity contribution is 9.10. The molecule has 1 atom stereocenters. The number of pyridine rings is 1. The van der Waals surface area contributed by atoms with Crippen LogP contribution in [0.2, 0.25) is 0 Å². The molecule has 5 nitrogen and oxygen atoms in total. The zero-order chi connectivity index (χ0) is 14.5. The van der Waals surface area contributed by atoms with E-state index in [-0.39, 0.29) is 6.10 Å². The van der Waals surface area contributed by atoms with E-state index in [1.54, 1.807) is 20.4 Å². The van der Waals surface area contributed by atoms with Crippen molar-refractivity contribution in [2.45, 2.75) is 6.10 Å². The number of anilines is 2. The van der Waals surface area contributed by atoms with E-state index in [9.17, 15) is 0 Å². The van der Waals surface area contributed by atoms with Crippen LogP contribution in [0.3, 0.4) is 0 Å². The maximum atomic E-state index is 6.03. The zero-order valence-electron chi connectivity index (χ0n) is 11.5. The van der Waals surface area contributed by atoms with Gasteiger partial charge in [0.25, 0.3) is 0 Å². The Morgan fingerprint density at radius 3 is 2.90 bits per heavy atom. The van der Waals surface area contributed by atoms with Gasteiger partial charge in [-0.15, -0.1) is 0 Å². The Hall–Kier alpha value is -1.37. The van der Waals surface area contributed by atoms with Crippen LogP contribution >= 0.6 is 15.9 Å². The molecule has 20 heavy (non-hydrogen) atoms. The van der Waals surface area contributed by atoms with E-state index in [1.165, 1.54) is 0 Å². The number of nitrogens with zero attached hydrogens (tertiary/aromatic N) is 1. The molecule has 0 fully saturated rings. The summed E-state index contributed by atoms with van der Waals surface area (Å²) in [5.74, 6) is 0. The third-order valence-corrected chi connectivity index (χ3v) is 3.54. The Kier molecular flexibility index (Phi) is 5.17. The van der Waals surface area contributed by atoms with E-state index >= 15 is 0 Å². The van der Waals surface area contributed by atoms with Gasteiger partial charge in [-0.2, -0.15) is 0 Å². The number of fused-ring (bicyclic) bond motifs is 1. The standard InChI is InChI=1S/C14H18BrN3O2/c1-19-8-10(20-2)6-18-14-11-5-9(15)3-4-13(11)17-7-12(14)16/h3-5,7,10H,6,8,16H2,1-2H3,(H,17,18). The van der Waals surface area contributed by atoms with E-state index in [0.29, 0.717) is 18.8 Å². The van der Waals surface area contributed by atoms with Crippen molar-refractivity contribution in [3.05, 3.63) is 28.9 Å². The number of benzene rings is 1. The normalized spacial score (nSPS) is 12.6. The molecule has 0 aliphatic heterocycles. The number of nitrogens with two attached hydrogens (primary N) is 1. The Morgan fingerprint density at radius 2 is 2.20 bits per heavy atom. The smallest absolute Gasteiger partial charge is 0.0976 e. The van der Waals surface area contributed by atoms with Crippen molar-refractivity contribution in [3.8, 4) is 0 Å². The molecule has 0 bridgehead atoms. The molecule has 6 heteroatoms. The lowest BCUT2D eigenvalue weighted by Gasteiger charge is -2.18. The third kappa shape index (κ3) is 3.39. The second kappa shape index (κ2) is 6.88. The summed E-state index contributed by atoms with van der Waals surface area (Å²) in [4.78, 5) is 4.32. The number of rotatable bonds is 6. The molecule has 0 aliphatic carbocycles. The monoisotopic (exact) mass is 339 g/mol. The van der Waals surface area contributed by atoms with Crippen LogP contribution in [-0.2, 0) is 9.47 Å². The van der Waals surface area contributed by atoms with Crippen LogP contribution in [0.1, 0.15) is 0 Å². The van der Waals surface area contributed by atoms with Crippen molar-refractivity contribution in [3.63, 3.8) is 0 Å². The maximum absolute atomic E-state index is 6.03. The molecule has 0 spiro atoms.